The highest BCUT2D eigenvalue weighted by Crippen LogP contribution is 2.12. The molecule has 1 nitrogen and oxygen atoms in total. The molecular weight excluding hydrogens is 208 g/mol. The van der Waals surface area contributed by atoms with E-state index in [-0.39, 0.29) is 0 Å². The Hall–Kier alpha value is -1.11. The molecule has 0 aliphatic rings. The molecule has 0 unspecified atom stereocenters. The lowest BCUT2D eigenvalue weighted by Crippen LogP contribution is -2.00. The van der Waals surface area contributed by atoms with Crippen LogP contribution in [0.25, 0.3) is 0 Å². The second kappa shape index (κ2) is 7.26. The summed E-state index contributed by atoms with van der Waals surface area (Å²) in [5.41, 5.74) is 2.69. The van der Waals surface area contributed by atoms with Crippen LogP contribution in [0.4, 0.5) is 0 Å². The van der Waals surface area contributed by atoms with Gasteiger partial charge in [0, 0.05) is 12.8 Å². The lowest BCUT2D eigenvalue weighted by Gasteiger charge is -2.07. The van der Waals surface area contributed by atoms with Gasteiger partial charge in [-0.15, -0.1) is 0 Å². The maximum atomic E-state index is 11.5. The Morgan fingerprint density at radius 3 is 2.53 bits per heavy atom. The van der Waals surface area contributed by atoms with Crippen LogP contribution in [-0.4, -0.2) is 5.78 Å². The monoisotopic (exact) mass is 232 g/mol. The van der Waals surface area contributed by atoms with E-state index in [0.29, 0.717) is 18.1 Å². The SMILES string of the molecule is CCCC(=O)CCc1cccc(CC(C)C)c1. The summed E-state index contributed by atoms with van der Waals surface area (Å²) in [5, 5.41) is 0. The predicted octanol–water partition coefficient (Wildman–Crippen LogP) is 4.19. The van der Waals surface area contributed by atoms with Gasteiger partial charge in [0.25, 0.3) is 0 Å². The first-order valence-electron chi connectivity index (χ1n) is 6.71. The molecule has 0 aliphatic carbocycles. The van der Waals surface area contributed by atoms with E-state index in [2.05, 4.69) is 45.0 Å². The topological polar surface area (TPSA) is 17.1 Å². The van der Waals surface area contributed by atoms with E-state index in [1.165, 1.54) is 11.1 Å². The molecule has 0 saturated heterocycles. The molecule has 0 saturated carbocycles. The number of carbonyl (C=O) groups is 1. The minimum absolute atomic E-state index is 0.391. The molecule has 0 aromatic heterocycles. The molecule has 0 N–H and O–H groups in total. The third-order valence-corrected chi connectivity index (χ3v) is 2.86. The Bertz CT molecular complexity index is 352. The van der Waals surface area contributed by atoms with Crippen LogP contribution in [0.5, 0.6) is 0 Å². The maximum Gasteiger partial charge on any atom is 0.133 e. The van der Waals surface area contributed by atoms with Gasteiger partial charge in [-0.25, -0.2) is 0 Å². The van der Waals surface area contributed by atoms with Gasteiger partial charge in [-0.2, -0.15) is 0 Å². The smallest absolute Gasteiger partial charge is 0.133 e. The van der Waals surface area contributed by atoms with Crippen molar-refractivity contribution in [2.24, 2.45) is 5.92 Å². The zero-order valence-electron chi connectivity index (χ0n) is 11.3. The van der Waals surface area contributed by atoms with E-state index >= 15 is 0 Å². The number of hydrogen-bond acceptors (Lipinski definition) is 1. The van der Waals surface area contributed by atoms with Crippen molar-refractivity contribution < 1.29 is 4.79 Å². The fraction of sp³-hybridized carbons (Fsp3) is 0.562. The summed E-state index contributed by atoms with van der Waals surface area (Å²) in [5.74, 6) is 1.08. The van der Waals surface area contributed by atoms with Crippen LogP contribution < -0.4 is 0 Å². The average Bonchev–Trinajstić information content (AvgIpc) is 2.26. The summed E-state index contributed by atoms with van der Waals surface area (Å²) in [6.07, 6.45) is 4.40. The molecule has 0 heterocycles. The summed E-state index contributed by atoms with van der Waals surface area (Å²) in [4.78, 5) is 11.5. The largest absolute Gasteiger partial charge is 0.300 e. The summed E-state index contributed by atoms with van der Waals surface area (Å²) in [6, 6.07) is 8.66. The molecule has 1 rings (SSSR count). The van der Waals surface area contributed by atoms with Gasteiger partial charge in [-0.05, 0) is 36.3 Å². The molecule has 0 atom stereocenters. The van der Waals surface area contributed by atoms with Gasteiger partial charge in [0.15, 0.2) is 0 Å². The molecule has 17 heavy (non-hydrogen) atoms. The van der Waals surface area contributed by atoms with E-state index < -0.39 is 0 Å². The molecule has 1 aromatic carbocycles. The summed E-state index contributed by atoms with van der Waals surface area (Å²) >= 11 is 0. The minimum atomic E-state index is 0.391. The molecule has 0 bridgehead atoms. The first-order valence-corrected chi connectivity index (χ1v) is 6.71. The van der Waals surface area contributed by atoms with E-state index in [4.69, 9.17) is 0 Å². The van der Waals surface area contributed by atoms with Crippen molar-refractivity contribution in [1.82, 2.24) is 0 Å². The lowest BCUT2D eigenvalue weighted by atomic mass is 9.98. The number of aryl methyl sites for hydroxylation is 1. The number of rotatable bonds is 7. The van der Waals surface area contributed by atoms with Gasteiger partial charge < -0.3 is 0 Å². The van der Waals surface area contributed by atoms with Crippen molar-refractivity contribution >= 4 is 5.78 Å². The molecule has 0 amide bonds. The Morgan fingerprint density at radius 2 is 1.88 bits per heavy atom. The maximum absolute atomic E-state index is 11.5. The van der Waals surface area contributed by atoms with Gasteiger partial charge in [-0.1, -0.05) is 45.0 Å². The van der Waals surface area contributed by atoms with E-state index in [9.17, 15) is 4.79 Å². The van der Waals surface area contributed by atoms with Crippen LogP contribution in [0.15, 0.2) is 24.3 Å². The summed E-state index contributed by atoms with van der Waals surface area (Å²) < 4.78 is 0. The van der Waals surface area contributed by atoms with Crippen LogP contribution in [0, 0.1) is 5.92 Å². The quantitative estimate of drug-likeness (QED) is 0.689. The predicted molar refractivity (Wildman–Crippen MR) is 73.2 cm³/mol. The highest BCUT2D eigenvalue weighted by atomic mass is 16.1. The van der Waals surface area contributed by atoms with Crippen LogP contribution >= 0.6 is 0 Å². The van der Waals surface area contributed by atoms with Crippen molar-refractivity contribution in [3.63, 3.8) is 0 Å². The van der Waals surface area contributed by atoms with Crippen molar-refractivity contribution in [3.05, 3.63) is 35.4 Å². The molecule has 0 spiro atoms. The minimum Gasteiger partial charge on any atom is -0.300 e. The number of Topliss-reactive ketones (excluding diaryl/α,β-unsaturated/α-hetero) is 1. The van der Waals surface area contributed by atoms with E-state index in [1.807, 2.05) is 0 Å². The van der Waals surface area contributed by atoms with Gasteiger partial charge in [0.1, 0.15) is 5.78 Å². The third kappa shape index (κ3) is 5.67. The Morgan fingerprint density at radius 1 is 1.18 bits per heavy atom. The number of hydrogen-bond donors (Lipinski definition) is 0. The Kier molecular flexibility index (Phi) is 5.96. The van der Waals surface area contributed by atoms with Gasteiger partial charge in [0.05, 0.1) is 0 Å². The fourth-order valence-electron chi connectivity index (χ4n) is 2.07. The molecule has 1 aromatic rings. The van der Waals surface area contributed by atoms with Crippen molar-refractivity contribution in [2.75, 3.05) is 0 Å². The molecule has 0 fully saturated rings. The molecule has 0 aliphatic heterocycles. The van der Waals surface area contributed by atoms with Gasteiger partial charge in [0.2, 0.25) is 0 Å². The highest BCUT2D eigenvalue weighted by Gasteiger charge is 2.03. The van der Waals surface area contributed by atoms with Crippen LogP contribution in [0.1, 0.15) is 51.2 Å². The summed E-state index contributed by atoms with van der Waals surface area (Å²) in [7, 11) is 0. The summed E-state index contributed by atoms with van der Waals surface area (Å²) in [6.45, 7) is 6.52. The molecule has 94 valence electrons. The Labute approximate surface area is 105 Å². The van der Waals surface area contributed by atoms with Gasteiger partial charge in [-0.3, -0.25) is 4.79 Å². The molecule has 1 heteroatoms. The highest BCUT2D eigenvalue weighted by molar-refractivity contribution is 5.78. The Balaban J connectivity index is 2.51. The fourth-order valence-corrected chi connectivity index (χ4v) is 2.07. The zero-order valence-corrected chi connectivity index (χ0v) is 11.3. The van der Waals surface area contributed by atoms with Crippen molar-refractivity contribution in [1.29, 1.82) is 0 Å². The van der Waals surface area contributed by atoms with Crippen molar-refractivity contribution in [3.8, 4) is 0 Å². The first kappa shape index (κ1) is 14.0. The number of ketones is 1. The number of benzene rings is 1. The second-order valence-corrected chi connectivity index (χ2v) is 5.21. The third-order valence-electron chi connectivity index (χ3n) is 2.86. The van der Waals surface area contributed by atoms with E-state index in [1.54, 1.807) is 0 Å². The van der Waals surface area contributed by atoms with Gasteiger partial charge >= 0.3 is 0 Å². The normalized spacial score (nSPS) is 10.8. The average molecular weight is 232 g/mol. The van der Waals surface area contributed by atoms with Crippen LogP contribution in [0.2, 0.25) is 0 Å². The van der Waals surface area contributed by atoms with E-state index in [0.717, 1.165) is 25.7 Å². The second-order valence-electron chi connectivity index (χ2n) is 5.21. The molecular formula is C16H24O. The number of carbonyl (C=O) groups excluding carboxylic acids is 1. The first-order chi connectivity index (χ1) is 8.11. The zero-order chi connectivity index (χ0) is 12.7. The van der Waals surface area contributed by atoms with Crippen molar-refractivity contribution in [2.45, 2.75) is 52.9 Å². The standard InChI is InChI=1S/C16H24O/c1-4-6-16(17)10-9-14-7-5-8-15(12-14)11-13(2)3/h5,7-8,12-13H,4,6,9-11H2,1-3H3. The lowest BCUT2D eigenvalue weighted by molar-refractivity contribution is -0.119. The molecule has 0 radical (unpaired) electrons. The van der Waals surface area contributed by atoms with Crippen LogP contribution in [-0.2, 0) is 17.6 Å². The van der Waals surface area contributed by atoms with Crippen LogP contribution in [0.3, 0.4) is 0 Å².